The van der Waals surface area contributed by atoms with Crippen molar-refractivity contribution in [2.24, 2.45) is 0 Å². The molecule has 6 nitrogen and oxygen atoms in total. The van der Waals surface area contributed by atoms with Gasteiger partial charge in [-0.15, -0.1) is 0 Å². The molecule has 0 saturated heterocycles. The third-order valence-electron chi connectivity index (χ3n) is 3.01. The number of halogens is 1. The number of nitro benzene ring substituents is 1. The molecule has 0 fully saturated rings. The topological polar surface area (TPSA) is 95.6 Å². The molecule has 7 heteroatoms. The van der Waals surface area contributed by atoms with Gasteiger partial charge in [-0.1, -0.05) is 11.6 Å². The van der Waals surface area contributed by atoms with Gasteiger partial charge in [-0.3, -0.25) is 10.1 Å². The Bertz CT molecular complexity index is 691. The van der Waals surface area contributed by atoms with Crippen molar-refractivity contribution in [1.82, 2.24) is 0 Å². The lowest BCUT2D eigenvalue weighted by Gasteiger charge is -2.17. The van der Waals surface area contributed by atoms with Crippen LogP contribution in [0, 0.1) is 10.1 Å². The lowest BCUT2D eigenvalue weighted by molar-refractivity contribution is -0.384. The molecule has 2 aromatic carbocycles. The van der Waals surface area contributed by atoms with Crippen LogP contribution in [0.3, 0.4) is 0 Å². The van der Waals surface area contributed by atoms with E-state index in [1.807, 2.05) is 0 Å². The summed E-state index contributed by atoms with van der Waals surface area (Å²) in [6.07, 6.45) is 0. The summed E-state index contributed by atoms with van der Waals surface area (Å²) in [5.74, 6) is -0.00790. The number of anilines is 1. The molecule has 0 bridgehead atoms. The first-order chi connectivity index (χ1) is 9.88. The van der Waals surface area contributed by atoms with Crippen LogP contribution >= 0.6 is 11.6 Å². The second-order valence-electron chi connectivity index (χ2n) is 4.53. The van der Waals surface area contributed by atoms with E-state index in [2.05, 4.69) is 5.32 Å². The van der Waals surface area contributed by atoms with Gasteiger partial charge >= 0.3 is 0 Å². The van der Waals surface area contributed by atoms with Gasteiger partial charge in [0, 0.05) is 16.7 Å². The normalized spacial score (nSPS) is 11.9. The number of benzene rings is 2. The largest absolute Gasteiger partial charge is 0.508 e. The number of phenols is 2. The minimum Gasteiger partial charge on any atom is -0.508 e. The van der Waals surface area contributed by atoms with Crippen LogP contribution in [0.2, 0.25) is 5.02 Å². The van der Waals surface area contributed by atoms with Gasteiger partial charge in [0.05, 0.1) is 11.0 Å². The molecule has 0 amide bonds. The quantitative estimate of drug-likeness (QED) is 0.453. The Morgan fingerprint density at radius 1 is 1.24 bits per heavy atom. The fourth-order valence-corrected chi connectivity index (χ4v) is 2.14. The van der Waals surface area contributed by atoms with Crippen molar-refractivity contribution in [3.63, 3.8) is 0 Å². The standard InChI is InChI=1S/C14H13ClN2O4/c1-8(11-7-10(18)3-5-14(11)19)16-12-4-2-9(15)6-13(12)17(20)21/h2-8,16,18-19H,1H3. The number of aromatic hydroxyl groups is 2. The minimum absolute atomic E-state index is 0.00190. The summed E-state index contributed by atoms with van der Waals surface area (Å²) in [5.41, 5.74) is 0.549. The maximum Gasteiger partial charge on any atom is 0.293 e. The number of hydrogen-bond donors (Lipinski definition) is 3. The van der Waals surface area contributed by atoms with Gasteiger partial charge in [0.15, 0.2) is 0 Å². The molecule has 2 aromatic rings. The molecule has 3 N–H and O–H groups in total. The molecule has 0 spiro atoms. The van der Waals surface area contributed by atoms with Crippen molar-refractivity contribution in [3.8, 4) is 11.5 Å². The van der Waals surface area contributed by atoms with Gasteiger partial charge in [0.25, 0.3) is 5.69 Å². The van der Waals surface area contributed by atoms with Crippen LogP contribution < -0.4 is 5.32 Å². The first kappa shape index (κ1) is 14.9. The maximum atomic E-state index is 11.0. The smallest absolute Gasteiger partial charge is 0.293 e. The average molecular weight is 309 g/mol. The Morgan fingerprint density at radius 2 is 1.95 bits per heavy atom. The van der Waals surface area contributed by atoms with E-state index in [9.17, 15) is 20.3 Å². The molecule has 0 heterocycles. The highest BCUT2D eigenvalue weighted by molar-refractivity contribution is 6.30. The van der Waals surface area contributed by atoms with Gasteiger partial charge in [-0.25, -0.2) is 0 Å². The number of nitro groups is 1. The molecule has 0 aromatic heterocycles. The van der Waals surface area contributed by atoms with Gasteiger partial charge < -0.3 is 15.5 Å². The average Bonchev–Trinajstić information content (AvgIpc) is 2.43. The van der Waals surface area contributed by atoms with Gasteiger partial charge in [0.1, 0.15) is 17.2 Å². The lowest BCUT2D eigenvalue weighted by Crippen LogP contribution is -2.08. The van der Waals surface area contributed by atoms with Crippen LogP contribution in [0.1, 0.15) is 18.5 Å². The molecule has 0 aliphatic heterocycles. The van der Waals surface area contributed by atoms with Gasteiger partial charge in [0.2, 0.25) is 0 Å². The predicted octanol–water partition coefficient (Wildman–Crippen LogP) is 3.83. The molecule has 0 radical (unpaired) electrons. The highest BCUT2D eigenvalue weighted by Gasteiger charge is 2.18. The Hall–Kier alpha value is -2.47. The second-order valence-corrected chi connectivity index (χ2v) is 4.96. The van der Waals surface area contributed by atoms with Crippen molar-refractivity contribution in [2.45, 2.75) is 13.0 Å². The van der Waals surface area contributed by atoms with E-state index in [0.717, 1.165) is 0 Å². The molecule has 21 heavy (non-hydrogen) atoms. The van der Waals surface area contributed by atoms with E-state index in [4.69, 9.17) is 11.6 Å². The first-order valence-electron chi connectivity index (χ1n) is 6.11. The molecule has 0 saturated carbocycles. The molecule has 2 rings (SSSR count). The fourth-order valence-electron chi connectivity index (χ4n) is 1.98. The maximum absolute atomic E-state index is 11.0. The summed E-state index contributed by atoms with van der Waals surface area (Å²) in [6.45, 7) is 1.72. The minimum atomic E-state index is -0.538. The summed E-state index contributed by atoms with van der Waals surface area (Å²) in [4.78, 5) is 10.5. The number of rotatable bonds is 4. The predicted molar refractivity (Wildman–Crippen MR) is 79.9 cm³/mol. The van der Waals surface area contributed by atoms with Crippen molar-refractivity contribution >= 4 is 23.0 Å². The van der Waals surface area contributed by atoms with Crippen LogP contribution in [0.5, 0.6) is 11.5 Å². The number of nitrogens with one attached hydrogen (secondary N) is 1. The van der Waals surface area contributed by atoms with Gasteiger partial charge in [-0.05, 0) is 37.3 Å². The summed E-state index contributed by atoms with van der Waals surface area (Å²) >= 11 is 5.76. The van der Waals surface area contributed by atoms with Crippen LogP contribution in [-0.4, -0.2) is 15.1 Å². The highest BCUT2D eigenvalue weighted by Crippen LogP contribution is 2.34. The van der Waals surface area contributed by atoms with E-state index in [0.29, 0.717) is 5.56 Å². The first-order valence-corrected chi connectivity index (χ1v) is 6.48. The van der Waals surface area contributed by atoms with E-state index in [1.54, 1.807) is 6.92 Å². The van der Waals surface area contributed by atoms with Crippen LogP contribution in [0.25, 0.3) is 0 Å². The van der Waals surface area contributed by atoms with E-state index in [-0.39, 0.29) is 27.9 Å². The van der Waals surface area contributed by atoms with Crippen LogP contribution in [0.15, 0.2) is 36.4 Å². The molecular weight excluding hydrogens is 296 g/mol. The van der Waals surface area contributed by atoms with E-state index < -0.39 is 11.0 Å². The molecule has 0 aliphatic rings. The third-order valence-corrected chi connectivity index (χ3v) is 3.24. The van der Waals surface area contributed by atoms with Crippen LogP contribution in [-0.2, 0) is 0 Å². The van der Waals surface area contributed by atoms with Crippen LogP contribution in [0.4, 0.5) is 11.4 Å². The summed E-state index contributed by atoms with van der Waals surface area (Å²) in [7, 11) is 0. The highest BCUT2D eigenvalue weighted by atomic mass is 35.5. The van der Waals surface area contributed by atoms with Gasteiger partial charge in [-0.2, -0.15) is 0 Å². The zero-order chi connectivity index (χ0) is 15.6. The van der Waals surface area contributed by atoms with Crippen molar-refractivity contribution in [3.05, 3.63) is 57.1 Å². The van der Waals surface area contributed by atoms with Crippen molar-refractivity contribution in [2.75, 3.05) is 5.32 Å². The number of nitrogens with zero attached hydrogens (tertiary/aromatic N) is 1. The lowest BCUT2D eigenvalue weighted by atomic mass is 10.1. The Morgan fingerprint density at radius 3 is 2.62 bits per heavy atom. The zero-order valence-electron chi connectivity index (χ0n) is 11.1. The second kappa shape index (κ2) is 5.88. The molecule has 0 aliphatic carbocycles. The molecule has 1 unspecified atom stereocenters. The summed E-state index contributed by atoms with van der Waals surface area (Å²) in [6, 6.07) is 7.95. The van der Waals surface area contributed by atoms with Crippen molar-refractivity contribution in [1.29, 1.82) is 0 Å². The molecular formula is C14H13ClN2O4. The summed E-state index contributed by atoms with van der Waals surface area (Å²) in [5, 5.41) is 33.5. The SMILES string of the molecule is CC(Nc1ccc(Cl)cc1[N+](=O)[O-])c1cc(O)ccc1O. The van der Waals surface area contributed by atoms with E-state index in [1.165, 1.54) is 36.4 Å². The monoisotopic (exact) mass is 308 g/mol. The summed E-state index contributed by atoms with van der Waals surface area (Å²) < 4.78 is 0. The Balaban J connectivity index is 2.33. The number of phenolic OH excluding ortho intramolecular Hbond substituents is 2. The van der Waals surface area contributed by atoms with Crippen molar-refractivity contribution < 1.29 is 15.1 Å². The van der Waals surface area contributed by atoms with E-state index >= 15 is 0 Å². The zero-order valence-corrected chi connectivity index (χ0v) is 11.8. The Labute approximate surface area is 125 Å². The number of hydrogen-bond acceptors (Lipinski definition) is 5. The molecule has 1 atom stereocenters. The third kappa shape index (κ3) is 3.35. The Kier molecular flexibility index (Phi) is 4.18. The fraction of sp³-hybridized carbons (Fsp3) is 0.143. The molecule has 110 valence electrons.